The van der Waals surface area contributed by atoms with Crippen molar-refractivity contribution in [2.24, 2.45) is 0 Å². The summed E-state index contributed by atoms with van der Waals surface area (Å²) in [5.41, 5.74) is 0.266. The molecular weight excluding hydrogens is 414 g/mol. The topological polar surface area (TPSA) is 135 Å². The van der Waals surface area contributed by atoms with Crippen LogP contribution < -0.4 is 10.6 Å². The molecule has 1 aliphatic rings. The summed E-state index contributed by atoms with van der Waals surface area (Å²) >= 11 is 0. The summed E-state index contributed by atoms with van der Waals surface area (Å²) in [4.78, 5) is 35.4. The lowest BCUT2D eigenvalue weighted by Crippen LogP contribution is -2.32. The van der Waals surface area contributed by atoms with E-state index in [9.17, 15) is 22.8 Å². The van der Waals surface area contributed by atoms with Gasteiger partial charge in [-0.25, -0.2) is 8.42 Å². The average Bonchev–Trinajstić information content (AvgIpc) is 3.45. The molecule has 0 spiro atoms. The maximum Gasteiger partial charge on any atom is 0.325 e. The Morgan fingerprint density at radius 3 is 2.57 bits per heavy atom. The van der Waals surface area contributed by atoms with E-state index in [1.54, 1.807) is 0 Å². The smallest absolute Gasteiger partial charge is 0.325 e. The molecule has 1 aliphatic heterocycles. The maximum atomic E-state index is 12.6. The molecule has 0 bridgehead atoms. The van der Waals surface area contributed by atoms with Crippen molar-refractivity contribution in [1.29, 1.82) is 0 Å². The molecule has 3 rings (SSSR count). The van der Waals surface area contributed by atoms with Gasteiger partial charge in [0.1, 0.15) is 6.54 Å². The van der Waals surface area contributed by atoms with Gasteiger partial charge in [-0.2, -0.15) is 4.31 Å². The third-order valence-corrected chi connectivity index (χ3v) is 6.22. The molecule has 1 fully saturated rings. The third-order valence-electron chi connectivity index (χ3n) is 4.32. The number of hydrogen-bond acceptors (Lipinski definition) is 7. The van der Waals surface area contributed by atoms with Gasteiger partial charge in [0.05, 0.1) is 11.2 Å². The summed E-state index contributed by atoms with van der Waals surface area (Å²) < 4.78 is 36.3. The van der Waals surface area contributed by atoms with Crippen molar-refractivity contribution >= 4 is 33.5 Å². The van der Waals surface area contributed by atoms with Crippen LogP contribution in [0.15, 0.2) is 52.0 Å². The van der Waals surface area contributed by atoms with Crippen molar-refractivity contribution < 1.29 is 32.0 Å². The Morgan fingerprint density at radius 1 is 1.10 bits per heavy atom. The summed E-state index contributed by atoms with van der Waals surface area (Å²) in [5, 5.41) is 4.78. The van der Waals surface area contributed by atoms with E-state index in [0.717, 1.165) is 12.8 Å². The first-order valence-corrected chi connectivity index (χ1v) is 10.7. The lowest BCUT2D eigenvalue weighted by Gasteiger charge is -2.16. The molecule has 160 valence electrons. The van der Waals surface area contributed by atoms with Crippen molar-refractivity contribution in [1.82, 2.24) is 9.62 Å². The Hall–Kier alpha value is -3.18. The molecule has 11 heteroatoms. The Morgan fingerprint density at radius 2 is 1.87 bits per heavy atom. The molecule has 2 amide bonds. The van der Waals surface area contributed by atoms with E-state index in [-0.39, 0.29) is 16.3 Å². The number of carbonyl (C=O) groups is 3. The number of hydrogen-bond donors (Lipinski definition) is 2. The third kappa shape index (κ3) is 5.45. The minimum Gasteiger partial charge on any atom is -0.459 e. The fraction of sp³-hybridized carbons (Fsp3) is 0.316. The van der Waals surface area contributed by atoms with Crippen LogP contribution in [0.25, 0.3) is 0 Å². The number of carbonyl (C=O) groups excluding carboxylic acids is 3. The van der Waals surface area contributed by atoms with E-state index in [0.29, 0.717) is 13.1 Å². The Balaban J connectivity index is 1.48. The Bertz CT molecular complexity index is 1010. The number of anilines is 1. The van der Waals surface area contributed by atoms with Crippen LogP contribution in [-0.2, 0) is 24.3 Å². The number of esters is 1. The number of nitrogens with one attached hydrogen (secondary N) is 2. The monoisotopic (exact) mass is 435 g/mol. The molecule has 1 aromatic carbocycles. The molecule has 0 saturated carbocycles. The number of rotatable bonds is 8. The van der Waals surface area contributed by atoms with Crippen LogP contribution in [0.5, 0.6) is 0 Å². The summed E-state index contributed by atoms with van der Waals surface area (Å²) in [7, 11) is -3.61. The van der Waals surface area contributed by atoms with E-state index in [2.05, 4.69) is 10.6 Å². The summed E-state index contributed by atoms with van der Waals surface area (Å²) in [6.07, 6.45) is 2.97. The molecule has 2 N–H and O–H groups in total. The lowest BCUT2D eigenvalue weighted by molar-refractivity contribution is -0.146. The molecule has 0 atom stereocenters. The first-order valence-electron chi connectivity index (χ1n) is 9.23. The maximum absolute atomic E-state index is 12.6. The van der Waals surface area contributed by atoms with Gasteiger partial charge in [-0.05, 0) is 43.2 Å². The number of furan rings is 1. The van der Waals surface area contributed by atoms with Gasteiger partial charge in [0.15, 0.2) is 12.4 Å². The highest BCUT2D eigenvalue weighted by Crippen LogP contribution is 2.23. The van der Waals surface area contributed by atoms with Crippen molar-refractivity contribution in [2.75, 3.05) is 31.6 Å². The van der Waals surface area contributed by atoms with Crippen molar-refractivity contribution in [3.05, 3.63) is 48.4 Å². The van der Waals surface area contributed by atoms with E-state index in [4.69, 9.17) is 9.15 Å². The zero-order valence-corrected chi connectivity index (χ0v) is 16.8. The van der Waals surface area contributed by atoms with Crippen molar-refractivity contribution in [3.8, 4) is 0 Å². The number of benzene rings is 1. The average molecular weight is 435 g/mol. The number of ether oxygens (including phenoxy) is 1. The largest absolute Gasteiger partial charge is 0.459 e. The zero-order valence-electron chi connectivity index (χ0n) is 16.0. The molecule has 2 aromatic rings. The molecule has 2 heterocycles. The number of sulfonamides is 1. The van der Waals surface area contributed by atoms with Crippen LogP contribution in [-0.4, -0.2) is 56.7 Å². The molecule has 10 nitrogen and oxygen atoms in total. The first-order chi connectivity index (χ1) is 14.4. The molecule has 30 heavy (non-hydrogen) atoms. The van der Waals surface area contributed by atoms with Gasteiger partial charge in [0, 0.05) is 18.8 Å². The van der Waals surface area contributed by atoms with Crippen LogP contribution in [0.4, 0.5) is 5.69 Å². The van der Waals surface area contributed by atoms with Crippen molar-refractivity contribution in [3.63, 3.8) is 0 Å². The molecule has 0 radical (unpaired) electrons. The fourth-order valence-electron chi connectivity index (χ4n) is 2.85. The van der Waals surface area contributed by atoms with E-state index < -0.39 is 41.0 Å². The minimum absolute atomic E-state index is 0.0457. The zero-order chi connectivity index (χ0) is 21.6. The normalized spacial score (nSPS) is 14.3. The minimum atomic E-state index is -3.61. The number of nitrogens with zero attached hydrogens (tertiary/aromatic N) is 1. The van der Waals surface area contributed by atoms with Gasteiger partial charge in [0.25, 0.3) is 11.8 Å². The predicted octanol–water partition coefficient (Wildman–Crippen LogP) is 0.976. The molecule has 1 aromatic heterocycles. The van der Waals surface area contributed by atoms with Gasteiger partial charge in [0.2, 0.25) is 10.0 Å². The van der Waals surface area contributed by atoms with Crippen LogP contribution in [0, 0.1) is 0 Å². The molecule has 1 saturated heterocycles. The second-order valence-electron chi connectivity index (χ2n) is 6.51. The summed E-state index contributed by atoms with van der Waals surface area (Å²) in [6.45, 7) is -0.0639. The standard InChI is InChI=1S/C19H21N3O7S/c23-17(13-29-18(24)12-20-19(25)16-7-4-10-28-16)21-14-5-3-6-15(11-14)30(26,27)22-8-1-2-9-22/h3-7,10-11H,1-2,8-9,12-13H2,(H,20,25)(H,21,23). The molecule has 0 unspecified atom stereocenters. The Labute approximate surface area is 173 Å². The lowest BCUT2D eigenvalue weighted by atomic mass is 10.3. The van der Waals surface area contributed by atoms with Gasteiger partial charge in [-0.3, -0.25) is 14.4 Å². The highest BCUT2D eigenvalue weighted by atomic mass is 32.2. The van der Waals surface area contributed by atoms with Gasteiger partial charge >= 0.3 is 5.97 Å². The molecular formula is C19H21N3O7S. The quantitative estimate of drug-likeness (QED) is 0.590. The first kappa shape index (κ1) is 21.5. The summed E-state index contributed by atoms with van der Waals surface area (Å²) in [5.74, 6) is -1.99. The van der Waals surface area contributed by atoms with E-state index in [1.807, 2.05) is 0 Å². The van der Waals surface area contributed by atoms with Gasteiger partial charge in [-0.15, -0.1) is 0 Å². The van der Waals surface area contributed by atoms with Crippen LogP contribution in [0.2, 0.25) is 0 Å². The van der Waals surface area contributed by atoms with Crippen LogP contribution >= 0.6 is 0 Å². The van der Waals surface area contributed by atoms with E-state index >= 15 is 0 Å². The van der Waals surface area contributed by atoms with Crippen LogP contribution in [0.3, 0.4) is 0 Å². The van der Waals surface area contributed by atoms with E-state index in [1.165, 1.54) is 47.0 Å². The number of amides is 2. The highest BCUT2D eigenvalue weighted by molar-refractivity contribution is 7.89. The fourth-order valence-corrected chi connectivity index (χ4v) is 4.42. The summed E-state index contributed by atoms with van der Waals surface area (Å²) in [6, 6.07) is 8.85. The molecule has 0 aliphatic carbocycles. The van der Waals surface area contributed by atoms with Crippen molar-refractivity contribution in [2.45, 2.75) is 17.7 Å². The predicted molar refractivity (Wildman–Crippen MR) is 105 cm³/mol. The second kappa shape index (κ2) is 9.55. The van der Waals surface area contributed by atoms with Gasteiger partial charge in [-0.1, -0.05) is 6.07 Å². The second-order valence-corrected chi connectivity index (χ2v) is 8.45. The van der Waals surface area contributed by atoms with Crippen LogP contribution in [0.1, 0.15) is 23.4 Å². The Kier molecular flexibility index (Phi) is 6.85. The van der Waals surface area contributed by atoms with Gasteiger partial charge < -0.3 is 19.8 Å². The SMILES string of the molecule is O=C(COC(=O)CNC(=O)c1ccco1)Nc1cccc(S(=O)(=O)N2CCCC2)c1. The highest BCUT2D eigenvalue weighted by Gasteiger charge is 2.27.